The summed E-state index contributed by atoms with van der Waals surface area (Å²) in [4.78, 5) is 37.2. The first-order chi connectivity index (χ1) is 26.0. The van der Waals surface area contributed by atoms with Crippen LogP contribution in [0.4, 0.5) is 0 Å². The summed E-state index contributed by atoms with van der Waals surface area (Å²) in [5.74, 6) is -1.11. The number of unbranched alkanes of at least 4 members (excludes halogenated alkanes) is 24. The molecule has 0 saturated heterocycles. The van der Waals surface area contributed by atoms with Crippen molar-refractivity contribution in [3.8, 4) is 0 Å². The van der Waals surface area contributed by atoms with Gasteiger partial charge in [-0.25, -0.2) is 0 Å². The molecular formula is C46H83BrO6. The van der Waals surface area contributed by atoms with Crippen molar-refractivity contribution in [1.29, 1.82) is 0 Å². The number of rotatable bonds is 41. The van der Waals surface area contributed by atoms with Crippen LogP contribution in [0, 0.1) is 5.92 Å². The van der Waals surface area contributed by atoms with Gasteiger partial charge in [-0.3, -0.25) is 14.4 Å². The van der Waals surface area contributed by atoms with Crippen molar-refractivity contribution >= 4 is 33.8 Å². The second-order valence-electron chi connectivity index (χ2n) is 15.1. The lowest BCUT2D eigenvalue weighted by atomic mass is 10.1. The molecule has 0 radical (unpaired) electrons. The van der Waals surface area contributed by atoms with Gasteiger partial charge in [0, 0.05) is 24.6 Å². The number of carbonyl (C=O) groups is 3. The van der Waals surface area contributed by atoms with Crippen LogP contribution in [0.3, 0.4) is 0 Å². The molecule has 0 bridgehead atoms. The van der Waals surface area contributed by atoms with Gasteiger partial charge in [0.15, 0.2) is 0 Å². The standard InChI is InChI=1S/C46H83BrO6/c1-3-5-7-9-11-13-15-17-19-21-23-25-27-29-32-36-44(48)51-40-43(42-53-46(50)38-34-31-35-39-47)41-52-45(49)37-33-30-28-26-24-22-20-18-16-14-12-10-8-6-4-2/h17-20,43H,3-16,21-42H2,1-2H3/b19-17-,20-18-. The Morgan fingerprint density at radius 1 is 0.396 bits per heavy atom. The van der Waals surface area contributed by atoms with Crippen LogP contribution in [0.1, 0.15) is 219 Å². The molecule has 0 spiro atoms. The number of esters is 3. The van der Waals surface area contributed by atoms with E-state index < -0.39 is 0 Å². The number of ether oxygens (including phenoxy) is 3. The fraction of sp³-hybridized carbons (Fsp3) is 0.848. The van der Waals surface area contributed by atoms with E-state index >= 15 is 0 Å². The maximum Gasteiger partial charge on any atom is 0.305 e. The van der Waals surface area contributed by atoms with Crippen LogP contribution in [0.5, 0.6) is 0 Å². The van der Waals surface area contributed by atoms with E-state index in [4.69, 9.17) is 14.2 Å². The SMILES string of the molecule is CCCCCCCC/C=C\CCCCCCCC(=O)OCC(COC(=O)CCCCCBr)COC(=O)CCCCCCC/C=C\CCCCCCCC. The average molecular weight is 812 g/mol. The highest BCUT2D eigenvalue weighted by Crippen LogP contribution is 2.14. The van der Waals surface area contributed by atoms with Gasteiger partial charge in [0.05, 0.1) is 5.92 Å². The Kier molecular flexibility index (Phi) is 41.8. The van der Waals surface area contributed by atoms with Gasteiger partial charge in [-0.05, 0) is 77.0 Å². The van der Waals surface area contributed by atoms with Crippen molar-refractivity contribution in [2.75, 3.05) is 25.2 Å². The molecule has 0 aliphatic rings. The molecule has 0 heterocycles. The van der Waals surface area contributed by atoms with Crippen molar-refractivity contribution in [2.24, 2.45) is 5.92 Å². The highest BCUT2D eigenvalue weighted by Gasteiger charge is 2.18. The summed E-state index contributed by atoms with van der Waals surface area (Å²) < 4.78 is 16.6. The summed E-state index contributed by atoms with van der Waals surface area (Å²) in [6.45, 7) is 4.77. The van der Waals surface area contributed by atoms with E-state index in [0.717, 1.165) is 76.0 Å². The van der Waals surface area contributed by atoms with Crippen LogP contribution >= 0.6 is 15.9 Å². The molecule has 0 aromatic carbocycles. The van der Waals surface area contributed by atoms with Gasteiger partial charge < -0.3 is 14.2 Å². The number of alkyl halides is 1. The Morgan fingerprint density at radius 3 is 0.962 bits per heavy atom. The monoisotopic (exact) mass is 811 g/mol. The topological polar surface area (TPSA) is 78.9 Å². The van der Waals surface area contributed by atoms with Gasteiger partial charge in [0.2, 0.25) is 0 Å². The minimum absolute atomic E-state index is 0.0820. The first kappa shape index (κ1) is 51.4. The smallest absolute Gasteiger partial charge is 0.305 e. The molecule has 0 amide bonds. The molecule has 0 aliphatic carbocycles. The number of hydrogen-bond donors (Lipinski definition) is 0. The van der Waals surface area contributed by atoms with Crippen LogP contribution in [-0.4, -0.2) is 43.1 Å². The molecule has 6 nitrogen and oxygen atoms in total. The van der Waals surface area contributed by atoms with Gasteiger partial charge in [-0.15, -0.1) is 0 Å². The van der Waals surface area contributed by atoms with E-state index in [9.17, 15) is 14.4 Å². The predicted molar refractivity (Wildman–Crippen MR) is 228 cm³/mol. The number of hydrogen-bond acceptors (Lipinski definition) is 6. The van der Waals surface area contributed by atoms with E-state index in [1.165, 1.54) is 116 Å². The lowest BCUT2D eigenvalue weighted by Crippen LogP contribution is -2.26. The van der Waals surface area contributed by atoms with Gasteiger partial charge in [-0.2, -0.15) is 0 Å². The fourth-order valence-corrected chi connectivity index (χ4v) is 6.61. The van der Waals surface area contributed by atoms with Gasteiger partial charge >= 0.3 is 17.9 Å². The van der Waals surface area contributed by atoms with Crippen molar-refractivity contribution in [3.63, 3.8) is 0 Å². The summed E-state index contributed by atoms with van der Waals surface area (Å²) in [7, 11) is 0. The third kappa shape index (κ3) is 41.4. The Balaban J connectivity index is 4.17. The minimum atomic E-state index is -0.363. The van der Waals surface area contributed by atoms with Crippen molar-refractivity contribution in [2.45, 2.75) is 219 Å². The van der Waals surface area contributed by atoms with Crippen molar-refractivity contribution < 1.29 is 28.6 Å². The first-order valence-corrected chi connectivity index (χ1v) is 23.5. The third-order valence-electron chi connectivity index (χ3n) is 9.74. The lowest BCUT2D eigenvalue weighted by molar-refractivity contribution is -0.153. The summed E-state index contributed by atoms with van der Waals surface area (Å²) >= 11 is 3.42. The molecule has 0 aromatic rings. The number of halogens is 1. The molecular weight excluding hydrogens is 728 g/mol. The van der Waals surface area contributed by atoms with Crippen LogP contribution in [0.15, 0.2) is 24.3 Å². The quantitative estimate of drug-likeness (QED) is 0.0201. The fourth-order valence-electron chi connectivity index (χ4n) is 6.21. The van der Waals surface area contributed by atoms with Crippen LogP contribution in [-0.2, 0) is 28.6 Å². The molecule has 0 aromatic heterocycles. The Hall–Kier alpha value is -1.63. The van der Waals surface area contributed by atoms with E-state index in [0.29, 0.717) is 19.3 Å². The van der Waals surface area contributed by atoms with Crippen LogP contribution in [0.25, 0.3) is 0 Å². The molecule has 0 saturated carbocycles. The maximum atomic E-state index is 12.5. The summed E-state index contributed by atoms with van der Waals surface area (Å²) in [5.41, 5.74) is 0. The molecule has 7 heteroatoms. The summed E-state index contributed by atoms with van der Waals surface area (Å²) in [5, 5.41) is 0.925. The third-order valence-corrected chi connectivity index (χ3v) is 10.3. The number of carbonyl (C=O) groups excluding carboxylic acids is 3. The normalized spacial score (nSPS) is 11.6. The average Bonchev–Trinajstić information content (AvgIpc) is 3.16. The maximum absolute atomic E-state index is 12.5. The molecule has 53 heavy (non-hydrogen) atoms. The van der Waals surface area contributed by atoms with E-state index in [1.807, 2.05) is 0 Å². The Labute approximate surface area is 335 Å². The molecule has 0 rings (SSSR count). The predicted octanol–water partition coefficient (Wildman–Crippen LogP) is 14.3. The van der Waals surface area contributed by atoms with Crippen LogP contribution in [0.2, 0.25) is 0 Å². The summed E-state index contributed by atoms with van der Waals surface area (Å²) in [6.07, 6.45) is 44.8. The molecule has 0 fully saturated rings. The van der Waals surface area contributed by atoms with Gasteiger partial charge in [-0.1, -0.05) is 163 Å². The van der Waals surface area contributed by atoms with Crippen molar-refractivity contribution in [1.82, 2.24) is 0 Å². The van der Waals surface area contributed by atoms with Crippen molar-refractivity contribution in [3.05, 3.63) is 24.3 Å². The largest absolute Gasteiger partial charge is 0.465 e. The zero-order chi connectivity index (χ0) is 38.7. The second kappa shape index (κ2) is 43.1. The van der Waals surface area contributed by atoms with Crippen LogP contribution < -0.4 is 0 Å². The zero-order valence-corrected chi connectivity index (χ0v) is 36.3. The number of allylic oxidation sites excluding steroid dienone is 4. The zero-order valence-electron chi connectivity index (χ0n) is 34.7. The van der Waals surface area contributed by atoms with Gasteiger partial charge in [0.1, 0.15) is 19.8 Å². The highest BCUT2D eigenvalue weighted by atomic mass is 79.9. The molecule has 0 aliphatic heterocycles. The van der Waals surface area contributed by atoms with E-state index in [2.05, 4.69) is 54.1 Å². The molecule has 310 valence electrons. The molecule has 0 unspecified atom stereocenters. The second-order valence-corrected chi connectivity index (χ2v) is 15.9. The Morgan fingerprint density at radius 2 is 0.660 bits per heavy atom. The molecule has 0 N–H and O–H groups in total. The molecule has 0 atom stereocenters. The first-order valence-electron chi connectivity index (χ1n) is 22.4. The highest BCUT2D eigenvalue weighted by molar-refractivity contribution is 9.09. The lowest BCUT2D eigenvalue weighted by Gasteiger charge is -2.17. The minimum Gasteiger partial charge on any atom is -0.465 e. The Bertz CT molecular complexity index is 816. The van der Waals surface area contributed by atoms with E-state index in [1.54, 1.807) is 0 Å². The van der Waals surface area contributed by atoms with E-state index in [-0.39, 0.29) is 43.6 Å². The summed E-state index contributed by atoms with van der Waals surface area (Å²) in [6, 6.07) is 0. The van der Waals surface area contributed by atoms with Gasteiger partial charge in [0.25, 0.3) is 0 Å².